The predicted molar refractivity (Wildman–Crippen MR) is 104 cm³/mol. The third kappa shape index (κ3) is 3.76. The summed E-state index contributed by atoms with van der Waals surface area (Å²) in [6.07, 6.45) is 2.85. The second-order valence-electron chi connectivity index (χ2n) is 7.28. The van der Waals surface area contributed by atoms with Crippen LogP contribution in [0.25, 0.3) is 11.3 Å². The van der Waals surface area contributed by atoms with Gasteiger partial charge in [0.25, 0.3) is 0 Å². The molecular weight excluding hydrogens is 370 g/mol. The Morgan fingerprint density at radius 3 is 2.62 bits per heavy atom. The van der Waals surface area contributed by atoms with Crippen LogP contribution < -0.4 is 4.31 Å². The predicted octanol–water partition coefficient (Wildman–Crippen LogP) is 3.13. The van der Waals surface area contributed by atoms with Gasteiger partial charge < -0.3 is 0 Å². The van der Waals surface area contributed by atoms with Crippen LogP contribution in [0.3, 0.4) is 0 Å². The zero-order valence-electron chi connectivity index (χ0n) is 15.2. The molecule has 0 atom stereocenters. The normalized spacial score (nSPS) is 13.9. The fourth-order valence-corrected chi connectivity index (χ4v) is 4.45. The molecule has 1 aromatic carbocycles. The van der Waals surface area contributed by atoms with E-state index in [-0.39, 0.29) is 12.3 Å². The zero-order valence-corrected chi connectivity index (χ0v) is 16.8. The average Bonchev–Trinajstić information content (AvgIpc) is 2.57. The first-order chi connectivity index (χ1) is 12.1. The lowest BCUT2D eigenvalue weighted by Gasteiger charge is -2.30. The number of thioether (sulfide) groups is 1. The van der Waals surface area contributed by atoms with Gasteiger partial charge in [-0.2, -0.15) is 0 Å². The molecule has 0 fully saturated rings. The van der Waals surface area contributed by atoms with Crippen LogP contribution in [0.15, 0.2) is 35.6 Å². The molecule has 0 unspecified atom stereocenters. The van der Waals surface area contributed by atoms with Gasteiger partial charge in [-0.15, -0.1) is 0 Å². The lowest BCUT2D eigenvalue weighted by molar-refractivity contribution is -0.123. The van der Waals surface area contributed by atoms with E-state index in [9.17, 15) is 13.2 Å². The second kappa shape index (κ2) is 6.66. The fraction of sp³-hybridized carbons (Fsp3) is 0.389. The van der Waals surface area contributed by atoms with Crippen molar-refractivity contribution in [1.29, 1.82) is 0 Å². The molecule has 138 valence electrons. The third-order valence-corrected chi connectivity index (χ3v) is 6.14. The Kier molecular flexibility index (Phi) is 4.83. The summed E-state index contributed by atoms with van der Waals surface area (Å²) in [4.78, 5) is 21.0. The number of ketones is 1. The number of hydrogen-bond donors (Lipinski definition) is 0. The number of hydrogen-bond acceptors (Lipinski definition) is 6. The van der Waals surface area contributed by atoms with Crippen LogP contribution in [0.5, 0.6) is 0 Å². The molecule has 1 aromatic heterocycles. The minimum Gasteiger partial charge on any atom is -0.298 e. The van der Waals surface area contributed by atoms with E-state index in [0.717, 1.165) is 16.8 Å². The molecule has 3 rings (SSSR count). The van der Waals surface area contributed by atoms with Crippen molar-refractivity contribution < 1.29 is 13.2 Å². The summed E-state index contributed by atoms with van der Waals surface area (Å²) in [5.41, 5.74) is 2.44. The van der Waals surface area contributed by atoms with E-state index < -0.39 is 15.4 Å². The number of fused-ring (bicyclic) bond motifs is 3. The smallest absolute Gasteiger partial charge is 0.232 e. The lowest BCUT2D eigenvalue weighted by Crippen LogP contribution is -2.32. The fourth-order valence-electron chi connectivity index (χ4n) is 2.58. The standard InChI is InChI=1S/C18H21N3O3S2/c1-18(2,3)15(22)11-25-17-19-9-12-10-21(26(4,23)24)14-8-6-5-7-13(14)16(12)20-17/h5-9H,10-11H2,1-4H3. The first-order valence-electron chi connectivity index (χ1n) is 8.16. The quantitative estimate of drug-likeness (QED) is 0.588. The summed E-state index contributed by atoms with van der Waals surface area (Å²) in [5.74, 6) is 0.437. The van der Waals surface area contributed by atoms with Crippen molar-refractivity contribution in [2.24, 2.45) is 5.41 Å². The highest BCUT2D eigenvalue weighted by Gasteiger charge is 2.29. The third-order valence-electron chi connectivity index (χ3n) is 4.15. The minimum atomic E-state index is -3.40. The van der Waals surface area contributed by atoms with Gasteiger partial charge in [0, 0.05) is 22.7 Å². The maximum absolute atomic E-state index is 12.1. The number of para-hydroxylation sites is 1. The van der Waals surface area contributed by atoms with Crippen LogP contribution in [0.4, 0.5) is 5.69 Å². The largest absolute Gasteiger partial charge is 0.298 e. The number of carbonyl (C=O) groups is 1. The van der Waals surface area contributed by atoms with E-state index >= 15 is 0 Å². The molecular formula is C18H21N3O3S2. The van der Waals surface area contributed by atoms with Gasteiger partial charge in [-0.1, -0.05) is 50.7 Å². The van der Waals surface area contributed by atoms with Gasteiger partial charge in [-0.3, -0.25) is 9.10 Å². The number of anilines is 1. The average molecular weight is 392 g/mol. The van der Waals surface area contributed by atoms with Gasteiger partial charge in [0.1, 0.15) is 5.78 Å². The SMILES string of the molecule is CC(C)(C)C(=O)CSc1ncc2c(n1)-c1ccccc1N(S(C)(=O)=O)C2. The molecule has 2 heterocycles. The van der Waals surface area contributed by atoms with Crippen LogP contribution in [-0.4, -0.2) is 36.2 Å². The minimum absolute atomic E-state index is 0.132. The van der Waals surface area contributed by atoms with Crippen LogP contribution >= 0.6 is 11.8 Å². The second-order valence-corrected chi connectivity index (χ2v) is 10.1. The Balaban J connectivity index is 1.95. The van der Waals surface area contributed by atoms with Gasteiger partial charge in [0.2, 0.25) is 10.0 Å². The van der Waals surface area contributed by atoms with Crippen LogP contribution in [-0.2, 0) is 21.4 Å². The summed E-state index contributed by atoms with van der Waals surface area (Å²) in [6, 6.07) is 7.29. The van der Waals surface area contributed by atoms with Crippen molar-refractivity contribution >= 4 is 33.3 Å². The molecule has 0 aliphatic carbocycles. The first-order valence-corrected chi connectivity index (χ1v) is 11.0. The summed E-state index contributed by atoms with van der Waals surface area (Å²) < 4.78 is 25.6. The van der Waals surface area contributed by atoms with E-state index in [0.29, 0.717) is 16.6 Å². The van der Waals surface area contributed by atoms with E-state index in [1.165, 1.54) is 22.3 Å². The molecule has 6 nitrogen and oxygen atoms in total. The molecule has 0 saturated heterocycles. The van der Waals surface area contributed by atoms with Gasteiger partial charge in [0.15, 0.2) is 5.16 Å². The molecule has 1 aliphatic heterocycles. The molecule has 0 radical (unpaired) electrons. The Hall–Kier alpha value is -1.93. The van der Waals surface area contributed by atoms with Gasteiger partial charge in [-0.25, -0.2) is 18.4 Å². The van der Waals surface area contributed by atoms with Crippen molar-refractivity contribution in [3.8, 4) is 11.3 Å². The van der Waals surface area contributed by atoms with Crippen LogP contribution in [0, 0.1) is 5.41 Å². The highest BCUT2D eigenvalue weighted by molar-refractivity contribution is 7.99. The van der Waals surface area contributed by atoms with Crippen molar-refractivity contribution in [3.63, 3.8) is 0 Å². The Morgan fingerprint density at radius 1 is 1.27 bits per heavy atom. The molecule has 1 aliphatic rings. The maximum Gasteiger partial charge on any atom is 0.232 e. The van der Waals surface area contributed by atoms with E-state index in [1.54, 1.807) is 18.3 Å². The Bertz CT molecular complexity index is 966. The monoisotopic (exact) mass is 391 g/mol. The zero-order chi connectivity index (χ0) is 19.1. The highest BCUT2D eigenvalue weighted by atomic mass is 32.2. The number of Topliss-reactive ketones (excluding diaryl/α,β-unsaturated/α-hetero) is 1. The van der Waals surface area contributed by atoms with Crippen molar-refractivity contribution in [2.45, 2.75) is 32.5 Å². The summed E-state index contributed by atoms with van der Waals surface area (Å²) in [5, 5.41) is 0.518. The molecule has 26 heavy (non-hydrogen) atoms. The van der Waals surface area contributed by atoms with Crippen LogP contribution in [0.1, 0.15) is 26.3 Å². The molecule has 0 amide bonds. The number of benzene rings is 1. The number of nitrogens with zero attached hydrogens (tertiary/aromatic N) is 3. The Labute approximate surface area is 158 Å². The van der Waals surface area contributed by atoms with E-state index in [2.05, 4.69) is 9.97 Å². The Morgan fingerprint density at radius 2 is 1.96 bits per heavy atom. The maximum atomic E-state index is 12.1. The van der Waals surface area contributed by atoms with Gasteiger partial charge in [0.05, 0.1) is 29.9 Å². The van der Waals surface area contributed by atoms with E-state index in [4.69, 9.17) is 0 Å². The summed E-state index contributed by atoms with van der Waals surface area (Å²) >= 11 is 1.31. The first kappa shape index (κ1) is 18.8. The summed E-state index contributed by atoms with van der Waals surface area (Å²) in [7, 11) is -3.40. The number of sulfonamides is 1. The topological polar surface area (TPSA) is 80.2 Å². The number of rotatable bonds is 4. The van der Waals surface area contributed by atoms with Crippen LogP contribution in [0.2, 0.25) is 0 Å². The van der Waals surface area contributed by atoms with Crippen molar-refractivity contribution in [2.75, 3.05) is 16.3 Å². The van der Waals surface area contributed by atoms with Crippen molar-refractivity contribution in [3.05, 3.63) is 36.0 Å². The molecule has 0 spiro atoms. The summed E-state index contributed by atoms with van der Waals surface area (Å²) in [6.45, 7) is 5.87. The highest BCUT2D eigenvalue weighted by Crippen LogP contribution is 2.39. The molecule has 0 saturated carbocycles. The molecule has 2 aromatic rings. The van der Waals surface area contributed by atoms with Crippen molar-refractivity contribution in [1.82, 2.24) is 9.97 Å². The van der Waals surface area contributed by atoms with Gasteiger partial charge in [-0.05, 0) is 6.07 Å². The van der Waals surface area contributed by atoms with Gasteiger partial charge >= 0.3 is 0 Å². The molecule has 8 heteroatoms. The van der Waals surface area contributed by atoms with E-state index in [1.807, 2.05) is 32.9 Å². The number of aromatic nitrogens is 2. The lowest BCUT2D eigenvalue weighted by atomic mass is 9.92. The molecule has 0 N–H and O–H groups in total. The molecule has 0 bridgehead atoms. The number of carbonyl (C=O) groups excluding carboxylic acids is 1.